The molecule has 1 aliphatic heterocycles. The lowest BCUT2D eigenvalue weighted by molar-refractivity contribution is 0.454. The minimum absolute atomic E-state index is 0.248. The number of piperidine rings is 1. The SMILES string of the molecule is CN(C)c1ncc(-c2cnc3[nH]cc(C#N)c3n2)c(N([C@H]2CCCNC2)S(C)(=O)=O)n1. The van der Waals surface area contributed by atoms with Crippen LogP contribution in [0.5, 0.6) is 0 Å². The molecular weight excluding hydrogens is 418 g/mol. The fourth-order valence-electron chi connectivity index (χ4n) is 3.67. The van der Waals surface area contributed by atoms with Gasteiger partial charge in [0.2, 0.25) is 16.0 Å². The lowest BCUT2D eigenvalue weighted by atomic mass is 10.1. The van der Waals surface area contributed by atoms with Gasteiger partial charge in [0.25, 0.3) is 0 Å². The van der Waals surface area contributed by atoms with Crippen molar-refractivity contribution in [2.45, 2.75) is 18.9 Å². The van der Waals surface area contributed by atoms with Crippen LogP contribution in [0.2, 0.25) is 0 Å². The monoisotopic (exact) mass is 441 g/mol. The van der Waals surface area contributed by atoms with Crippen LogP contribution in [-0.4, -0.2) is 72.8 Å². The molecule has 1 aliphatic rings. The number of aromatic nitrogens is 5. The summed E-state index contributed by atoms with van der Waals surface area (Å²) >= 11 is 0. The highest BCUT2D eigenvalue weighted by molar-refractivity contribution is 7.92. The molecule has 0 saturated carbocycles. The van der Waals surface area contributed by atoms with Crippen molar-refractivity contribution in [3.63, 3.8) is 0 Å². The first-order valence-corrected chi connectivity index (χ1v) is 11.6. The molecule has 12 heteroatoms. The maximum absolute atomic E-state index is 12.9. The number of fused-ring (bicyclic) bond motifs is 1. The van der Waals surface area contributed by atoms with Crippen LogP contribution in [0, 0.1) is 11.3 Å². The largest absolute Gasteiger partial charge is 0.347 e. The molecule has 3 aromatic rings. The normalized spacial score (nSPS) is 16.8. The summed E-state index contributed by atoms with van der Waals surface area (Å²) in [6.45, 7) is 1.37. The Bertz CT molecular complexity index is 1260. The smallest absolute Gasteiger partial charge is 0.233 e. The molecule has 0 aromatic carbocycles. The molecule has 1 saturated heterocycles. The quantitative estimate of drug-likeness (QED) is 0.589. The van der Waals surface area contributed by atoms with Crippen LogP contribution in [-0.2, 0) is 10.0 Å². The molecule has 162 valence electrons. The van der Waals surface area contributed by atoms with E-state index in [1.807, 2.05) is 0 Å². The summed E-state index contributed by atoms with van der Waals surface area (Å²) in [5.74, 6) is 0.627. The molecular formula is C19H23N9O2S. The van der Waals surface area contributed by atoms with Gasteiger partial charge in [-0.1, -0.05) is 0 Å². The molecule has 3 aromatic heterocycles. The number of aromatic amines is 1. The Hall–Kier alpha value is -3.30. The Balaban J connectivity index is 1.94. The second-order valence-corrected chi connectivity index (χ2v) is 9.49. The summed E-state index contributed by atoms with van der Waals surface area (Å²) in [5, 5.41) is 12.6. The summed E-state index contributed by atoms with van der Waals surface area (Å²) in [6.07, 6.45) is 7.37. The summed E-state index contributed by atoms with van der Waals surface area (Å²) in [6, 6.07) is 1.79. The molecule has 4 rings (SSSR count). The first-order chi connectivity index (χ1) is 14.8. The molecule has 0 bridgehead atoms. The zero-order chi connectivity index (χ0) is 22.2. The number of rotatable bonds is 5. The zero-order valence-electron chi connectivity index (χ0n) is 17.5. The number of hydrogen-bond acceptors (Lipinski definition) is 9. The van der Waals surface area contributed by atoms with Crippen molar-refractivity contribution in [2.24, 2.45) is 0 Å². The number of nitriles is 1. The van der Waals surface area contributed by atoms with E-state index < -0.39 is 10.0 Å². The van der Waals surface area contributed by atoms with E-state index in [0.717, 1.165) is 13.0 Å². The highest BCUT2D eigenvalue weighted by Crippen LogP contribution is 2.33. The van der Waals surface area contributed by atoms with Crippen molar-refractivity contribution in [1.29, 1.82) is 5.26 Å². The maximum atomic E-state index is 12.9. The van der Waals surface area contributed by atoms with Gasteiger partial charge in [-0.2, -0.15) is 10.2 Å². The van der Waals surface area contributed by atoms with Gasteiger partial charge >= 0.3 is 0 Å². The minimum Gasteiger partial charge on any atom is -0.347 e. The Labute approximate surface area is 180 Å². The minimum atomic E-state index is -3.66. The topological polar surface area (TPSA) is 144 Å². The molecule has 0 radical (unpaired) electrons. The Morgan fingerprint density at radius 3 is 2.68 bits per heavy atom. The van der Waals surface area contributed by atoms with Gasteiger partial charge in [0.15, 0.2) is 11.5 Å². The van der Waals surface area contributed by atoms with Crippen LogP contribution in [0.15, 0.2) is 18.6 Å². The highest BCUT2D eigenvalue weighted by atomic mass is 32.2. The fourth-order valence-corrected chi connectivity index (χ4v) is 4.84. The maximum Gasteiger partial charge on any atom is 0.233 e. The Morgan fingerprint density at radius 1 is 1.23 bits per heavy atom. The molecule has 0 unspecified atom stereocenters. The first kappa shape index (κ1) is 21.0. The van der Waals surface area contributed by atoms with E-state index >= 15 is 0 Å². The molecule has 1 atom stereocenters. The average molecular weight is 442 g/mol. The first-order valence-electron chi connectivity index (χ1n) is 9.78. The predicted octanol–water partition coefficient (Wildman–Crippen LogP) is 0.871. The second-order valence-electron chi connectivity index (χ2n) is 7.63. The predicted molar refractivity (Wildman–Crippen MR) is 117 cm³/mol. The number of H-pyrrole nitrogens is 1. The number of nitrogens with one attached hydrogen (secondary N) is 2. The van der Waals surface area contributed by atoms with Crippen molar-refractivity contribution in [1.82, 2.24) is 30.2 Å². The third-order valence-electron chi connectivity index (χ3n) is 5.10. The Kier molecular flexibility index (Phi) is 5.47. The van der Waals surface area contributed by atoms with E-state index in [-0.39, 0.29) is 11.9 Å². The number of sulfonamides is 1. The lowest BCUT2D eigenvalue weighted by Crippen LogP contribution is -2.49. The molecule has 0 aliphatic carbocycles. The Morgan fingerprint density at radius 2 is 2.03 bits per heavy atom. The van der Waals surface area contributed by atoms with Crippen LogP contribution in [0.3, 0.4) is 0 Å². The van der Waals surface area contributed by atoms with Crippen molar-refractivity contribution in [3.8, 4) is 17.3 Å². The molecule has 0 amide bonds. The molecule has 4 heterocycles. The summed E-state index contributed by atoms with van der Waals surface area (Å²) in [5.41, 5.74) is 2.06. The summed E-state index contributed by atoms with van der Waals surface area (Å²) in [4.78, 5) is 22.5. The van der Waals surface area contributed by atoms with Gasteiger partial charge in [-0.05, 0) is 19.4 Å². The van der Waals surface area contributed by atoms with Crippen LogP contribution in [0.1, 0.15) is 18.4 Å². The highest BCUT2D eigenvalue weighted by Gasteiger charge is 2.32. The summed E-state index contributed by atoms with van der Waals surface area (Å²) in [7, 11) is -0.0806. The molecule has 1 fully saturated rings. The number of anilines is 2. The third kappa shape index (κ3) is 4.01. The van der Waals surface area contributed by atoms with Crippen molar-refractivity contribution < 1.29 is 8.42 Å². The van der Waals surface area contributed by atoms with Gasteiger partial charge in [0, 0.05) is 33.0 Å². The van der Waals surface area contributed by atoms with Gasteiger partial charge in [-0.25, -0.2) is 27.7 Å². The van der Waals surface area contributed by atoms with Crippen LogP contribution in [0.4, 0.5) is 11.8 Å². The zero-order valence-corrected chi connectivity index (χ0v) is 18.3. The standard InChI is InChI=1S/C19H23N9O2S/c1-27(2)19-24-10-14(15-11-23-17-16(25-15)12(7-20)8-22-17)18(26-19)28(31(3,29)30)13-5-4-6-21-9-13/h8,10-11,13,21H,4-6,9H2,1-3H3,(H,22,23)/t13-/m0/s1. The number of hydrogen-bond donors (Lipinski definition) is 2. The van der Waals surface area contributed by atoms with E-state index in [2.05, 4.69) is 36.3 Å². The van der Waals surface area contributed by atoms with Crippen LogP contribution in [0.25, 0.3) is 22.4 Å². The van der Waals surface area contributed by atoms with Gasteiger partial charge in [-0.15, -0.1) is 0 Å². The van der Waals surface area contributed by atoms with Crippen LogP contribution < -0.4 is 14.5 Å². The van der Waals surface area contributed by atoms with E-state index in [0.29, 0.717) is 46.9 Å². The second kappa shape index (κ2) is 8.09. The van der Waals surface area contributed by atoms with Crippen molar-refractivity contribution >= 4 is 33.0 Å². The van der Waals surface area contributed by atoms with Crippen molar-refractivity contribution in [2.75, 3.05) is 42.6 Å². The van der Waals surface area contributed by atoms with Gasteiger partial charge in [0.05, 0.1) is 35.3 Å². The fraction of sp³-hybridized carbons (Fsp3) is 0.421. The van der Waals surface area contributed by atoms with Crippen LogP contribution >= 0.6 is 0 Å². The molecule has 0 spiro atoms. The van der Waals surface area contributed by atoms with E-state index in [4.69, 9.17) is 0 Å². The molecule has 31 heavy (non-hydrogen) atoms. The summed E-state index contributed by atoms with van der Waals surface area (Å²) < 4.78 is 27.2. The van der Waals surface area contributed by atoms with E-state index in [9.17, 15) is 13.7 Å². The molecule has 2 N–H and O–H groups in total. The van der Waals surface area contributed by atoms with Gasteiger partial charge in [0.1, 0.15) is 11.6 Å². The number of nitrogens with zero attached hydrogens (tertiary/aromatic N) is 7. The average Bonchev–Trinajstić information content (AvgIpc) is 3.16. The van der Waals surface area contributed by atoms with E-state index in [1.165, 1.54) is 23.0 Å². The third-order valence-corrected chi connectivity index (χ3v) is 6.29. The molecule has 11 nitrogen and oxygen atoms in total. The van der Waals surface area contributed by atoms with E-state index in [1.54, 1.807) is 25.2 Å². The lowest BCUT2D eigenvalue weighted by Gasteiger charge is -2.34. The van der Waals surface area contributed by atoms with Crippen molar-refractivity contribution in [3.05, 3.63) is 24.2 Å². The van der Waals surface area contributed by atoms with Gasteiger partial charge < -0.3 is 15.2 Å². The van der Waals surface area contributed by atoms with Gasteiger partial charge in [-0.3, -0.25) is 0 Å².